The molecule has 0 spiro atoms. The number of hydrogen-bond donors (Lipinski definition) is 1. The van der Waals surface area contributed by atoms with Gasteiger partial charge in [0.15, 0.2) is 5.78 Å². The number of rotatable bonds is 3. The number of ketones is 1. The Labute approximate surface area is 92.1 Å². The maximum absolute atomic E-state index is 12.4. The fraction of sp³-hybridized carbons (Fsp3) is 0.769. The number of Topliss-reactive ketones (excluding diaryl/α,β-unsaturated/α-hetero) is 1. The van der Waals surface area contributed by atoms with Crippen molar-refractivity contribution >= 4 is 5.78 Å². The molecule has 1 unspecified atom stereocenters. The van der Waals surface area contributed by atoms with E-state index in [0.29, 0.717) is 5.78 Å². The molecule has 2 heteroatoms. The monoisotopic (exact) mass is 207 g/mol. The molecule has 0 radical (unpaired) electrons. The van der Waals surface area contributed by atoms with Gasteiger partial charge in [-0.05, 0) is 50.6 Å². The zero-order valence-electron chi connectivity index (χ0n) is 9.64. The summed E-state index contributed by atoms with van der Waals surface area (Å²) in [5.41, 5.74) is 1.05. The minimum absolute atomic E-state index is 0.0663. The molecule has 0 bridgehead atoms. The first kappa shape index (κ1) is 10.9. The van der Waals surface area contributed by atoms with Gasteiger partial charge in [-0.15, -0.1) is 0 Å². The molecular weight excluding hydrogens is 186 g/mol. The fourth-order valence-electron chi connectivity index (χ4n) is 2.78. The summed E-state index contributed by atoms with van der Waals surface area (Å²) in [5, 5.41) is 3.34. The molecular formula is C13H21NO. The maximum Gasteiger partial charge on any atom is 0.165 e. The van der Waals surface area contributed by atoms with Crippen LogP contribution in [-0.2, 0) is 4.79 Å². The zero-order chi connectivity index (χ0) is 10.7. The van der Waals surface area contributed by atoms with E-state index in [9.17, 15) is 4.79 Å². The van der Waals surface area contributed by atoms with Gasteiger partial charge in [-0.3, -0.25) is 4.79 Å². The van der Waals surface area contributed by atoms with Crippen molar-refractivity contribution in [3.8, 4) is 0 Å². The van der Waals surface area contributed by atoms with Crippen molar-refractivity contribution in [3.05, 3.63) is 11.6 Å². The van der Waals surface area contributed by atoms with Crippen molar-refractivity contribution in [2.75, 3.05) is 13.1 Å². The molecule has 1 fully saturated rings. The maximum atomic E-state index is 12.4. The molecule has 1 saturated heterocycles. The fourth-order valence-corrected chi connectivity index (χ4v) is 2.78. The average Bonchev–Trinajstić information content (AvgIpc) is 2.79. The number of carbonyl (C=O) groups excluding carboxylic acids is 1. The lowest BCUT2D eigenvalue weighted by Gasteiger charge is -2.27. The molecule has 0 saturated carbocycles. The van der Waals surface area contributed by atoms with Gasteiger partial charge in [-0.25, -0.2) is 0 Å². The summed E-state index contributed by atoms with van der Waals surface area (Å²) in [7, 11) is 0. The van der Waals surface area contributed by atoms with Crippen molar-refractivity contribution in [1.29, 1.82) is 0 Å². The Hall–Kier alpha value is -0.630. The van der Waals surface area contributed by atoms with E-state index in [2.05, 4.69) is 18.3 Å². The van der Waals surface area contributed by atoms with Crippen LogP contribution in [-0.4, -0.2) is 18.9 Å². The Morgan fingerprint density at radius 2 is 2.40 bits per heavy atom. The normalized spacial score (nSPS) is 31.4. The van der Waals surface area contributed by atoms with Crippen LogP contribution in [0, 0.1) is 5.41 Å². The SMILES string of the molecule is CCC1(C(=O)C2=CCCCC2)CCNC1. The summed E-state index contributed by atoms with van der Waals surface area (Å²) in [5.74, 6) is 0.440. The molecule has 1 heterocycles. The van der Waals surface area contributed by atoms with Crippen LogP contribution >= 0.6 is 0 Å². The molecule has 2 rings (SSSR count). The third-order valence-electron chi connectivity index (χ3n) is 3.98. The highest BCUT2D eigenvalue weighted by Crippen LogP contribution is 2.35. The lowest BCUT2D eigenvalue weighted by molar-refractivity contribution is -0.124. The summed E-state index contributed by atoms with van der Waals surface area (Å²) >= 11 is 0. The predicted molar refractivity (Wildman–Crippen MR) is 61.8 cm³/mol. The van der Waals surface area contributed by atoms with Gasteiger partial charge in [0.1, 0.15) is 0 Å². The smallest absolute Gasteiger partial charge is 0.165 e. The second-order valence-electron chi connectivity index (χ2n) is 4.86. The van der Waals surface area contributed by atoms with Gasteiger partial charge in [0, 0.05) is 12.0 Å². The summed E-state index contributed by atoms with van der Waals surface area (Å²) in [6.07, 6.45) is 8.77. The first-order valence-electron chi connectivity index (χ1n) is 6.23. The largest absolute Gasteiger partial charge is 0.316 e. The Balaban J connectivity index is 2.14. The molecule has 1 aliphatic heterocycles. The lowest BCUT2D eigenvalue weighted by Crippen LogP contribution is -2.34. The van der Waals surface area contributed by atoms with Crippen LogP contribution < -0.4 is 5.32 Å². The van der Waals surface area contributed by atoms with Gasteiger partial charge in [0.05, 0.1) is 0 Å². The van der Waals surface area contributed by atoms with Crippen LogP contribution in [0.15, 0.2) is 11.6 Å². The molecule has 2 aliphatic rings. The molecule has 15 heavy (non-hydrogen) atoms. The number of nitrogens with one attached hydrogen (secondary N) is 1. The third-order valence-corrected chi connectivity index (χ3v) is 3.98. The second-order valence-corrected chi connectivity index (χ2v) is 4.86. The Morgan fingerprint density at radius 1 is 1.53 bits per heavy atom. The molecule has 84 valence electrons. The van der Waals surface area contributed by atoms with Crippen molar-refractivity contribution in [2.45, 2.75) is 45.4 Å². The van der Waals surface area contributed by atoms with Gasteiger partial charge >= 0.3 is 0 Å². The molecule has 2 nitrogen and oxygen atoms in total. The molecule has 1 aliphatic carbocycles. The van der Waals surface area contributed by atoms with Crippen LogP contribution in [0.3, 0.4) is 0 Å². The summed E-state index contributed by atoms with van der Waals surface area (Å²) in [6.45, 7) is 4.04. The van der Waals surface area contributed by atoms with E-state index in [1.807, 2.05) is 0 Å². The van der Waals surface area contributed by atoms with Crippen LogP contribution in [0.25, 0.3) is 0 Å². The molecule has 0 aromatic heterocycles. The highest BCUT2D eigenvalue weighted by atomic mass is 16.1. The van der Waals surface area contributed by atoms with Gasteiger partial charge in [0.2, 0.25) is 0 Å². The Bertz CT molecular complexity index is 274. The van der Waals surface area contributed by atoms with Gasteiger partial charge in [0.25, 0.3) is 0 Å². The highest BCUT2D eigenvalue weighted by molar-refractivity contribution is 6.00. The minimum atomic E-state index is -0.0663. The quantitative estimate of drug-likeness (QED) is 0.770. The number of allylic oxidation sites excluding steroid dienone is 2. The van der Waals surface area contributed by atoms with E-state index in [-0.39, 0.29) is 5.41 Å². The van der Waals surface area contributed by atoms with Crippen molar-refractivity contribution in [2.24, 2.45) is 5.41 Å². The van der Waals surface area contributed by atoms with Crippen molar-refractivity contribution < 1.29 is 4.79 Å². The lowest BCUT2D eigenvalue weighted by atomic mass is 9.75. The Morgan fingerprint density at radius 3 is 2.93 bits per heavy atom. The first-order valence-corrected chi connectivity index (χ1v) is 6.23. The first-order chi connectivity index (χ1) is 7.28. The Kier molecular flexibility index (Phi) is 3.25. The molecule has 0 aromatic rings. The van der Waals surface area contributed by atoms with E-state index < -0.39 is 0 Å². The molecule has 0 amide bonds. The third kappa shape index (κ3) is 2.00. The van der Waals surface area contributed by atoms with E-state index in [1.165, 1.54) is 12.8 Å². The van der Waals surface area contributed by atoms with Gasteiger partial charge < -0.3 is 5.32 Å². The van der Waals surface area contributed by atoms with Crippen LogP contribution in [0.2, 0.25) is 0 Å². The topological polar surface area (TPSA) is 29.1 Å². The summed E-state index contributed by atoms with van der Waals surface area (Å²) in [4.78, 5) is 12.4. The summed E-state index contributed by atoms with van der Waals surface area (Å²) < 4.78 is 0. The van der Waals surface area contributed by atoms with Crippen LogP contribution in [0.1, 0.15) is 45.4 Å². The van der Waals surface area contributed by atoms with E-state index in [4.69, 9.17) is 0 Å². The predicted octanol–water partition coefficient (Wildman–Crippen LogP) is 2.45. The van der Waals surface area contributed by atoms with E-state index in [1.54, 1.807) is 0 Å². The molecule has 1 atom stereocenters. The van der Waals surface area contributed by atoms with Crippen LogP contribution in [0.4, 0.5) is 0 Å². The van der Waals surface area contributed by atoms with Crippen molar-refractivity contribution in [1.82, 2.24) is 5.32 Å². The minimum Gasteiger partial charge on any atom is -0.316 e. The molecule has 1 N–H and O–H groups in total. The number of carbonyl (C=O) groups is 1. The van der Waals surface area contributed by atoms with Gasteiger partial charge in [-0.1, -0.05) is 13.0 Å². The molecule has 0 aromatic carbocycles. The van der Waals surface area contributed by atoms with E-state index in [0.717, 1.165) is 44.3 Å². The highest BCUT2D eigenvalue weighted by Gasteiger charge is 2.40. The number of hydrogen-bond acceptors (Lipinski definition) is 2. The summed E-state index contributed by atoms with van der Waals surface area (Å²) in [6, 6.07) is 0. The van der Waals surface area contributed by atoms with Gasteiger partial charge in [-0.2, -0.15) is 0 Å². The van der Waals surface area contributed by atoms with Crippen molar-refractivity contribution in [3.63, 3.8) is 0 Å². The van der Waals surface area contributed by atoms with Crippen LogP contribution in [0.5, 0.6) is 0 Å². The standard InChI is InChI=1S/C13H21NO/c1-2-13(8-9-14-10-13)12(15)11-6-4-3-5-7-11/h6,14H,2-5,7-10H2,1H3. The zero-order valence-corrected chi connectivity index (χ0v) is 9.64. The van der Waals surface area contributed by atoms with E-state index >= 15 is 0 Å². The second kappa shape index (κ2) is 4.48. The average molecular weight is 207 g/mol.